The number of para-hydroxylation sites is 1. The minimum Gasteiger partial charge on any atom is -0.493 e. The van der Waals surface area contributed by atoms with E-state index < -0.39 is 5.54 Å². The first-order valence-electron chi connectivity index (χ1n) is 7.31. The maximum absolute atomic E-state index is 13.9. The van der Waals surface area contributed by atoms with Crippen LogP contribution in [0.2, 0.25) is 0 Å². The maximum atomic E-state index is 13.9. The third-order valence-electron chi connectivity index (χ3n) is 4.26. The van der Waals surface area contributed by atoms with Crippen LogP contribution in [-0.2, 0) is 12.0 Å². The molecule has 0 bridgehead atoms. The largest absolute Gasteiger partial charge is 0.493 e. The number of fused-ring (bicyclic) bond motifs is 1. The lowest BCUT2D eigenvalue weighted by molar-refractivity contribution is 0.280. The summed E-state index contributed by atoms with van der Waals surface area (Å²) in [6.07, 6.45) is 2.03. The zero-order valence-corrected chi connectivity index (χ0v) is 12.4. The van der Waals surface area contributed by atoms with Crippen LogP contribution in [0.15, 0.2) is 36.4 Å². The molecular weight excluding hydrogens is 265 g/mol. The van der Waals surface area contributed by atoms with Gasteiger partial charge >= 0.3 is 0 Å². The van der Waals surface area contributed by atoms with E-state index in [0.29, 0.717) is 12.2 Å². The molecule has 0 saturated carbocycles. The summed E-state index contributed by atoms with van der Waals surface area (Å²) in [6, 6.07) is 11.2. The maximum Gasteiger partial charge on any atom is 0.127 e. The molecular formula is C18H20FNO. The molecule has 0 aromatic heterocycles. The number of ether oxygens (including phenoxy) is 1. The van der Waals surface area contributed by atoms with Crippen molar-refractivity contribution in [1.82, 2.24) is 0 Å². The second-order valence-corrected chi connectivity index (χ2v) is 5.91. The third-order valence-corrected chi connectivity index (χ3v) is 4.26. The van der Waals surface area contributed by atoms with Gasteiger partial charge in [0.2, 0.25) is 0 Å². The van der Waals surface area contributed by atoms with Gasteiger partial charge in [0, 0.05) is 5.56 Å². The molecule has 21 heavy (non-hydrogen) atoms. The van der Waals surface area contributed by atoms with Gasteiger partial charge in [-0.05, 0) is 49.4 Å². The fourth-order valence-corrected chi connectivity index (χ4v) is 2.87. The van der Waals surface area contributed by atoms with E-state index in [-0.39, 0.29) is 5.82 Å². The number of hydrogen-bond donors (Lipinski definition) is 1. The Bertz CT molecular complexity index is 679. The van der Waals surface area contributed by atoms with Crippen LogP contribution in [0.4, 0.5) is 4.39 Å². The van der Waals surface area contributed by atoms with Gasteiger partial charge in [-0.25, -0.2) is 4.39 Å². The van der Waals surface area contributed by atoms with Crippen molar-refractivity contribution in [1.29, 1.82) is 0 Å². The van der Waals surface area contributed by atoms with Crippen LogP contribution >= 0.6 is 0 Å². The molecule has 2 aromatic rings. The van der Waals surface area contributed by atoms with E-state index in [2.05, 4.69) is 6.07 Å². The normalized spacial score (nSPS) is 16.8. The molecule has 3 rings (SSSR count). The predicted octanol–water partition coefficient (Wildman–Crippen LogP) is 3.68. The van der Waals surface area contributed by atoms with Crippen LogP contribution in [-0.4, -0.2) is 6.61 Å². The highest BCUT2D eigenvalue weighted by Crippen LogP contribution is 2.38. The smallest absolute Gasteiger partial charge is 0.127 e. The van der Waals surface area contributed by atoms with Gasteiger partial charge in [-0.2, -0.15) is 0 Å². The molecule has 3 heteroatoms. The van der Waals surface area contributed by atoms with Gasteiger partial charge in [-0.3, -0.25) is 0 Å². The molecule has 0 saturated heterocycles. The summed E-state index contributed by atoms with van der Waals surface area (Å²) < 4.78 is 19.7. The van der Waals surface area contributed by atoms with Crippen LogP contribution in [0.1, 0.15) is 35.6 Å². The molecule has 1 aliphatic rings. The van der Waals surface area contributed by atoms with Gasteiger partial charge in [0.15, 0.2) is 0 Å². The summed E-state index contributed by atoms with van der Waals surface area (Å²) in [5, 5.41) is 0. The van der Waals surface area contributed by atoms with Gasteiger partial charge in [-0.1, -0.05) is 30.3 Å². The number of hydrogen-bond acceptors (Lipinski definition) is 2. The van der Waals surface area contributed by atoms with Crippen molar-refractivity contribution in [2.45, 2.75) is 32.2 Å². The Morgan fingerprint density at radius 3 is 2.81 bits per heavy atom. The van der Waals surface area contributed by atoms with Crippen molar-refractivity contribution in [3.8, 4) is 5.75 Å². The molecule has 1 heterocycles. The molecule has 0 aliphatic carbocycles. The molecule has 2 N–H and O–H groups in total. The Morgan fingerprint density at radius 1 is 1.24 bits per heavy atom. The van der Waals surface area contributed by atoms with Gasteiger partial charge in [0.25, 0.3) is 0 Å². The fraction of sp³-hybridized carbons (Fsp3) is 0.333. The van der Waals surface area contributed by atoms with Crippen molar-refractivity contribution in [2.75, 3.05) is 6.61 Å². The van der Waals surface area contributed by atoms with Crippen LogP contribution in [0.25, 0.3) is 0 Å². The molecule has 1 unspecified atom stereocenters. The van der Waals surface area contributed by atoms with Gasteiger partial charge in [-0.15, -0.1) is 0 Å². The second kappa shape index (κ2) is 5.15. The Kier molecular flexibility index (Phi) is 3.46. The van der Waals surface area contributed by atoms with E-state index in [1.165, 1.54) is 11.6 Å². The Balaban J connectivity index is 2.11. The van der Waals surface area contributed by atoms with Crippen molar-refractivity contribution < 1.29 is 9.13 Å². The molecule has 1 atom stereocenters. The summed E-state index contributed by atoms with van der Waals surface area (Å²) in [5.41, 5.74) is 9.26. The summed E-state index contributed by atoms with van der Waals surface area (Å²) >= 11 is 0. The van der Waals surface area contributed by atoms with E-state index >= 15 is 0 Å². The summed E-state index contributed by atoms with van der Waals surface area (Å²) in [4.78, 5) is 0. The number of halogens is 1. The van der Waals surface area contributed by atoms with Crippen molar-refractivity contribution in [3.05, 3.63) is 64.5 Å². The van der Waals surface area contributed by atoms with Crippen molar-refractivity contribution >= 4 is 0 Å². The second-order valence-electron chi connectivity index (χ2n) is 5.91. The Morgan fingerprint density at radius 2 is 2.05 bits per heavy atom. The number of nitrogens with two attached hydrogens (primary N) is 1. The van der Waals surface area contributed by atoms with E-state index in [1.807, 2.05) is 25.1 Å². The Hall–Kier alpha value is -1.87. The average molecular weight is 285 g/mol. The van der Waals surface area contributed by atoms with Crippen LogP contribution in [0.5, 0.6) is 5.75 Å². The first-order valence-corrected chi connectivity index (χ1v) is 7.31. The zero-order valence-electron chi connectivity index (χ0n) is 12.4. The van der Waals surface area contributed by atoms with Crippen molar-refractivity contribution in [3.63, 3.8) is 0 Å². The first-order chi connectivity index (χ1) is 10.00. The molecule has 2 aromatic carbocycles. The molecule has 1 aliphatic heterocycles. The summed E-state index contributed by atoms with van der Waals surface area (Å²) in [6.45, 7) is 4.37. The molecule has 110 valence electrons. The quantitative estimate of drug-likeness (QED) is 0.913. The molecule has 0 fully saturated rings. The molecule has 2 nitrogen and oxygen atoms in total. The molecule has 0 spiro atoms. The van der Waals surface area contributed by atoms with E-state index in [1.54, 1.807) is 13.0 Å². The topological polar surface area (TPSA) is 35.2 Å². The lowest BCUT2D eigenvalue weighted by atomic mass is 9.83. The number of aryl methyl sites for hydroxylation is 2. The molecule has 0 radical (unpaired) electrons. The monoisotopic (exact) mass is 285 g/mol. The highest BCUT2D eigenvalue weighted by Gasteiger charge is 2.30. The standard InChI is InChI=1S/C18H20FNO/c1-12-8-9-14(11-16(12)19)18(2,20)15-7-3-5-13-6-4-10-21-17(13)15/h3,5,7-9,11H,4,6,10,20H2,1-2H3. The Labute approximate surface area is 124 Å². The van der Waals surface area contributed by atoms with Gasteiger partial charge in [0.05, 0.1) is 12.1 Å². The fourth-order valence-electron chi connectivity index (χ4n) is 2.87. The predicted molar refractivity (Wildman–Crippen MR) is 82.0 cm³/mol. The van der Waals surface area contributed by atoms with E-state index in [9.17, 15) is 4.39 Å². The lowest BCUT2D eigenvalue weighted by Crippen LogP contribution is -2.35. The van der Waals surface area contributed by atoms with Crippen LogP contribution in [0, 0.1) is 12.7 Å². The SMILES string of the molecule is Cc1ccc(C(C)(N)c2cccc3c2OCCC3)cc1F. The average Bonchev–Trinajstić information content (AvgIpc) is 2.49. The highest BCUT2D eigenvalue weighted by atomic mass is 19.1. The van der Waals surface area contributed by atoms with Gasteiger partial charge in [0.1, 0.15) is 11.6 Å². The number of benzene rings is 2. The highest BCUT2D eigenvalue weighted by molar-refractivity contribution is 5.50. The molecule has 0 amide bonds. The van der Waals surface area contributed by atoms with Crippen LogP contribution in [0.3, 0.4) is 0 Å². The third kappa shape index (κ3) is 2.42. The van der Waals surface area contributed by atoms with E-state index in [4.69, 9.17) is 10.5 Å². The zero-order chi connectivity index (χ0) is 15.0. The minimum absolute atomic E-state index is 0.227. The summed E-state index contributed by atoms with van der Waals surface area (Å²) in [5.74, 6) is 0.643. The van der Waals surface area contributed by atoms with Crippen LogP contribution < -0.4 is 10.5 Å². The number of rotatable bonds is 2. The van der Waals surface area contributed by atoms with Crippen molar-refractivity contribution in [2.24, 2.45) is 5.73 Å². The van der Waals surface area contributed by atoms with E-state index in [0.717, 1.165) is 29.7 Å². The first kappa shape index (κ1) is 14.1. The summed E-state index contributed by atoms with van der Waals surface area (Å²) in [7, 11) is 0. The van der Waals surface area contributed by atoms with Gasteiger partial charge < -0.3 is 10.5 Å². The minimum atomic E-state index is -0.781. The lowest BCUT2D eigenvalue weighted by Gasteiger charge is -2.31.